The second kappa shape index (κ2) is 19.1. The zero-order valence-corrected chi connectivity index (χ0v) is 27.0. The van der Waals surface area contributed by atoms with Crippen LogP contribution in [0, 0.1) is 5.41 Å². The molecule has 0 N–H and O–H groups in total. The number of esters is 2. The summed E-state index contributed by atoms with van der Waals surface area (Å²) >= 11 is 0. The molecule has 3 rings (SSSR count). The van der Waals surface area contributed by atoms with E-state index in [0.717, 1.165) is 35.8 Å². The van der Waals surface area contributed by atoms with Gasteiger partial charge in [-0.25, -0.2) is 0 Å². The van der Waals surface area contributed by atoms with Gasteiger partial charge in [-0.1, -0.05) is 154 Å². The third kappa shape index (κ3) is 9.35. The monoisotopic (exact) mass is 582 g/mol. The molecule has 1 aromatic heterocycles. The van der Waals surface area contributed by atoms with Gasteiger partial charge in [0.2, 0.25) is 0 Å². The first-order valence-corrected chi connectivity index (χ1v) is 17.3. The fourth-order valence-corrected chi connectivity index (χ4v) is 7.12. The van der Waals surface area contributed by atoms with E-state index >= 15 is 0 Å². The lowest BCUT2D eigenvalue weighted by Gasteiger charge is -2.30. The summed E-state index contributed by atoms with van der Waals surface area (Å²) in [7, 11) is 2.70. The van der Waals surface area contributed by atoms with E-state index < -0.39 is 17.4 Å². The normalized spacial score (nSPS) is 15.6. The maximum Gasteiger partial charge on any atom is 0.324 e. The van der Waals surface area contributed by atoms with Crippen LogP contribution in [0.1, 0.15) is 159 Å². The van der Waals surface area contributed by atoms with Gasteiger partial charge in [0.25, 0.3) is 0 Å². The molecule has 0 fully saturated rings. The van der Waals surface area contributed by atoms with E-state index in [4.69, 9.17) is 13.9 Å². The van der Waals surface area contributed by atoms with Gasteiger partial charge in [0.15, 0.2) is 5.41 Å². The minimum Gasteiger partial charge on any atom is -0.468 e. The van der Waals surface area contributed by atoms with E-state index in [1.807, 2.05) is 24.3 Å². The number of hydrogen-bond acceptors (Lipinski definition) is 5. The maximum atomic E-state index is 13.1. The molecule has 0 spiro atoms. The Morgan fingerprint density at radius 1 is 0.690 bits per heavy atom. The lowest BCUT2D eigenvalue weighted by atomic mass is 9.73. The molecule has 1 heterocycles. The van der Waals surface area contributed by atoms with Crippen molar-refractivity contribution in [2.45, 2.75) is 154 Å². The topological polar surface area (TPSA) is 65.7 Å². The van der Waals surface area contributed by atoms with Gasteiger partial charge in [0.05, 0.1) is 14.2 Å². The fraction of sp³-hybridized carbons (Fsp3) is 0.730. The summed E-state index contributed by atoms with van der Waals surface area (Å²) in [5.41, 5.74) is 0.425. The highest BCUT2D eigenvalue weighted by Gasteiger charge is 2.60. The van der Waals surface area contributed by atoms with Crippen LogP contribution in [0.15, 0.2) is 28.7 Å². The molecule has 0 radical (unpaired) electrons. The van der Waals surface area contributed by atoms with Gasteiger partial charge in [0.1, 0.15) is 11.3 Å². The van der Waals surface area contributed by atoms with E-state index in [0.29, 0.717) is 5.76 Å². The fourth-order valence-electron chi connectivity index (χ4n) is 7.12. The van der Waals surface area contributed by atoms with Crippen molar-refractivity contribution in [3.05, 3.63) is 35.6 Å². The number of ether oxygens (including phenoxy) is 2. The largest absolute Gasteiger partial charge is 0.468 e. The highest BCUT2D eigenvalue weighted by molar-refractivity contribution is 6.04. The maximum absolute atomic E-state index is 13.1. The molecule has 236 valence electrons. The number of rotatable bonds is 23. The first-order valence-electron chi connectivity index (χ1n) is 17.3. The van der Waals surface area contributed by atoms with Crippen LogP contribution in [0.3, 0.4) is 0 Å². The van der Waals surface area contributed by atoms with Crippen LogP contribution in [-0.4, -0.2) is 26.2 Å². The van der Waals surface area contributed by atoms with E-state index in [-0.39, 0.29) is 12.3 Å². The molecule has 0 aliphatic heterocycles. The summed E-state index contributed by atoms with van der Waals surface area (Å²) in [5.74, 6) is -0.636. The molecule has 42 heavy (non-hydrogen) atoms. The number of methoxy groups -OCH3 is 2. The SMILES string of the molecule is CCCCCCCCCCCCCCCCCCCCCCC1c2c(oc3ccccc23)CC1(C(=O)OC)C(=O)OC. The Bertz CT molecular complexity index is 1040. The highest BCUT2D eigenvalue weighted by Crippen LogP contribution is 2.54. The number of hydrogen-bond donors (Lipinski definition) is 0. The summed E-state index contributed by atoms with van der Waals surface area (Å²) in [6.07, 6.45) is 27.8. The first-order chi connectivity index (χ1) is 20.6. The molecule has 2 aromatic rings. The summed E-state index contributed by atoms with van der Waals surface area (Å²) < 4.78 is 16.5. The Labute approximate surface area is 255 Å². The van der Waals surface area contributed by atoms with Gasteiger partial charge in [0, 0.05) is 23.3 Å². The lowest BCUT2D eigenvalue weighted by molar-refractivity contribution is -0.170. The van der Waals surface area contributed by atoms with Crippen LogP contribution < -0.4 is 0 Å². The van der Waals surface area contributed by atoms with E-state index in [1.165, 1.54) is 130 Å². The average Bonchev–Trinajstić information content (AvgIpc) is 3.53. The van der Waals surface area contributed by atoms with Gasteiger partial charge < -0.3 is 13.9 Å². The number of para-hydroxylation sites is 1. The molecule has 1 aliphatic carbocycles. The van der Waals surface area contributed by atoms with Crippen LogP contribution in [0.5, 0.6) is 0 Å². The standard InChI is InChI=1S/C37H58O5/c1-4-5-6-7-8-9-10-11-12-13-14-15-16-17-18-19-20-21-22-23-27-31-34-30-26-24-25-28-32(30)42-33(34)29-37(31,35(38)40-2)36(39)41-3/h24-26,28,31H,4-23,27,29H2,1-3H3. The van der Waals surface area contributed by atoms with Gasteiger partial charge in [-0.2, -0.15) is 0 Å². The smallest absolute Gasteiger partial charge is 0.324 e. The molecule has 5 heteroatoms. The second-order valence-electron chi connectivity index (χ2n) is 12.6. The van der Waals surface area contributed by atoms with Crippen LogP contribution in [0.25, 0.3) is 11.0 Å². The van der Waals surface area contributed by atoms with Crippen molar-refractivity contribution in [1.82, 2.24) is 0 Å². The van der Waals surface area contributed by atoms with Crippen molar-refractivity contribution in [1.29, 1.82) is 0 Å². The molecular formula is C37H58O5. The number of carbonyl (C=O) groups excluding carboxylic acids is 2. The number of carbonyl (C=O) groups is 2. The molecular weight excluding hydrogens is 524 g/mol. The van der Waals surface area contributed by atoms with Crippen LogP contribution in [0.2, 0.25) is 0 Å². The van der Waals surface area contributed by atoms with Crippen LogP contribution in [0.4, 0.5) is 0 Å². The Balaban J connectivity index is 1.29. The average molecular weight is 583 g/mol. The Kier molecular flexibility index (Phi) is 15.5. The summed E-state index contributed by atoms with van der Waals surface area (Å²) in [6, 6.07) is 7.89. The molecule has 1 aromatic carbocycles. The molecule has 0 amide bonds. The van der Waals surface area contributed by atoms with Crippen molar-refractivity contribution in [3.8, 4) is 0 Å². The first kappa shape index (κ1) is 34.2. The lowest BCUT2D eigenvalue weighted by Crippen LogP contribution is -2.45. The van der Waals surface area contributed by atoms with Crippen molar-refractivity contribution >= 4 is 22.9 Å². The van der Waals surface area contributed by atoms with Crippen molar-refractivity contribution < 1.29 is 23.5 Å². The Hall–Kier alpha value is -2.30. The minimum absolute atomic E-state index is 0.195. The number of fused-ring (bicyclic) bond motifs is 3. The molecule has 1 aliphatic rings. The predicted molar refractivity (Wildman–Crippen MR) is 172 cm³/mol. The zero-order valence-electron chi connectivity index (χ0n) is 27.0. The van der Waals surface area contributed by atoms with Crippen molar-refractivity contribution in [3.63, 3.8) is 0 Å². The van der Waals surface area contributed by atoms with E-state index in [1.54, 1.807) is 0 Å². The van der Waals surface area contributed by atoms with E-state index in [9.17, 15) is 9.59 Å². The summed E-state index contributed by atoms with van der Waals surface area (Å²) in [6.45, 7) is 2.29. The number of unbranched alkanes of at least 4 members (excludes halogenated alkanes) is 19. The van der Waals surface area contributed by atoms with E-state index in [2.05, 4.69) is 6.92 Å². The van der Waals surface area contributed by atoms with Crippen LogP contribution in [-0.2, 0) is 25.5 Å². The van der Waals surface area contributed by atoms with Gasteiger partial charge in [-0.3, -0.25) is 9.59 Å². The van der Waals surface area contributed by atoms with Crippen molar-refractivity contribution in [2.24, 2.45) is 5.41 Å². The highest BCUT2D eigenvalue weighted by atomic mass is 16.5. The predicted octanol–water partition coefficient (Wildman–Crippen LogP) is 10.6. The third-order valence-electron chi connectivity index (χ3n) is 9.54. The minimum atomic E-state index is -1.37. The molecule has 1 atom stereocenters. The molecule has 0 saturated heterocycles. The number of furan rings is 1. The molecule has 0 bridgehead atoms. The summed E-state index contributed by atoms with van der Waals surface area (Å²) in [5, 5.41) is 0.986. The molecule has 5 nitrogen and oxygen atoms in total. The van der Waals surface area contributed by atoms with Gasteiger partial charge in [-0.05, 0) is 12.5 Å². The third-order valence-corrected chi connectivity index (χ3v) is 9.54. The quantitative estimate of drug-likeness (QED) is 0.0740. The Morgan fingerprint density at radius 2 is 1.12 bits per heavy atom. The number of benzene rings is 1. The van der Waals surface area contributed by atoms with Gasteiger partial charge >= 0.3 is 11.9 Å². The second-order valence-corrected chi connectivity index (χ2v) is 12.6. The van der Waals surface area contributed by atoms with Gasteiger partial charge in [-0.15, -0.1) is 0 Å². The van der Waals surface area contributed by atoms with Crippen LogP contribution >= 0.6 is 0 Å². The summed E-state index contributed by atoms with van der Waals surface area (Å²) in [4.78, 5) is 26.2. The Morgan fingerprint density at radius 3 is 1.57 bits per heavy atom. The van der Waals surface area contributed by atoms with Crippen molar-refractivity contribution in [2.75, 3.05) is 14.2 Å². The molecule has 1 unspecified atom stereocenters. The zero-order chi connectivity index (χ0) is 30.0. The molecule has 0 saturated carbocycles.